The highest BCUT2D eigenvalue weighted by Gasteiger charge is 2.12. The molecule has 2 N–H and O–H groups in total. The van der Waals surface area contributed by atoms with E-state index in [2.05, 4.69) is 5.10 Å². The van der Waals surface area contributed by atoms with Gasteiger partial charge < -0.3 is 5.73 Å². The van der Waals surface area contributed by atoms with E-state index in [4.69, 9.17) is 5.73 Å². The van der Waals surface area contributed by atoms with Gasteiger partial charge in [0.05, 0.1) is 5.69 Å². The van der Waals surface area contributed by atoms with Gasteiger partial charge in [-0.05, 0) is 26.8 Å². The van der Waals surface area contributed by atoms with Gasteiger partial charge in [0.2, 0.25) is 0 Å². The van der Waals surface area contributed by atoms with Crippen molar-refractivity contribution >= 4 is 5.91 Å². The molecule has 0 aromatic carbocycles. The molecule has 0 bridgehead atoms. The van der Waals surface area contributed by atoms with E-state index in [-0.39, 0.29) is 6.04 Å². The number of nitrogens with zero attached hydrogens (tertiary/aromatic N) is 2. The Labute approximate surface area is 71.4 Å². The summed E-state index contributed by atoms with van der Waals surface area (Å²) in [6, 6.07) is 1.86. The van der Waals surface area contributed by atoms with Crippen LogP contribution >= 0.6 is 0 Å². The monoisotopic (exact) mass is 167 g/mol. The molecule has 0 saturated heterocycles. The molecule has 0 saturated carbocycles. The van der Waals surface area contributed by atoms with Crippen LogP contribution in [0, 0.1) is 6.92 Å². The third-order valence-electron chi connectivity index (χ3n) is 1.60. The second-order valence-corrected chi connectivity index (χ2v) is 3.07. The van der Waals surface area contributed by atoms with Crippen LogP contribution in [-0.4, -0.2) is 15.7 Å². The maximum atomic E-state index is 10.9. The Hall–Kier alpha value is -1.32. The lowest BCUT2D eigenvalue weighted by molar-refractivity contribution is 0.0988. The fourth-order valence-corrected chi connectivity index (χ4v) is 1.09. The fourth-order valence-electron chi connectivity index (χ4n) is 1.09. The first-order valence-corrected chi connectivity index (χ1v) is 3.88. The van der Waals surface area contributed by atoms with E-state index in [0.29, 0.717) is 5.69 Å². The number of carbonyl (C=O) groups is 1. The van der Waals surface area contributed by atoms with Crippen LogP contribution in [0.25, 0.3) is 0 Å². The maximum Gasteiger partial charge on any atom is 0.266 e. The molecule has 66 valence electrons. The summed E-state index contributed by atoms with van der Waals surface area (Å²) < 4.78 is 1.64. The third kappa shape index (κ3) is 1.47. The zero-order valence-electron chi connectivity index (χ0n) is 7.53. The van der Waals surface area contributed by atoms with Gasteiger partial charge in [-0.15, -0.1) is 0 Å². The average molecular weight is 167 g/mol. The van der Waals surface area contributed by atoms with Crippen LogP contribution in [0.15, 0.2) is 6.07 Å². The summed E-state index contributed by atoms with van der Waals surface area (Å²) in [5.74, 6) is -0.427. The van der Waals surface area contributed by atoms with Gasteiger partial charge in [-0.25, -0.2) is 0 Å². The molecular formula is C8H13N3O. The molecule has 1 heterocycles. The van der Waals surface area contributed by atoms with Crippen molar-refractivity contribution in [3.8, 4) is 0 Å². The highest BCUT2D eigenvalue weighted by atomic mass is 16.1. The number of nitrogens with two attached hydrogens (primary N) is 1. The normalized spacial score (nSPS) is 10.7. The van der Waals surface area contributed by atoms with Gasteiger partial charge in [-0.3, -0.25) is 9.48 Å². The second kappa shape index (κ2) is 2.97. The maximum absolute atomic E-state index is 10.9. The van der Waals surface area contributed by atoms with E-state index < -0.39 is 5.91 Å². The van der Waals surface area contributed by atoms with Crippen LogP contribution in [-0.2, 0) is 0 Å². The number of rotatable bonds is 2. The average Bonchev–Trinajstić information content (AvgIpc) is 2.31. The highest BCUT2D eigenvalue weighted by Crippen LogP contribution is 2.09. The topological polar surface area (TPSA) is 60.9 Å². The number of hydrogen-bond donors (Lipinski definition) is 1. The lowest BCUT2D eigenvalue weighted by Crippen LogP contribution is -2.18. The van der Waals surface area contributed by atoms with E-state index in [9.17, 15) is 4.79 Å². The Balaban J connectivity index is 3.17. The van der Waals surface area contributed by atoms with Crippen molar-refractivity contribution in [1.29, 1.82) is 0 Å². The molecule has 0 spiro atoms. The lowest BCUT2D eigenvalue weighted by atomic mass is 10.3. The molecule has 0 atom stereocenters. The molecule has 1 aromatic heterocycles. The van der Waals surface area contributed by atoms with E-state index in [1.807, 2.05) is 20.8 Å². The minimum Gasteiger partial charge on any atom is -0.364 e. The van der Waals surface area contributed by atoms with Crippen molar-refractivity contribution in [2.75, 3.05) is 0 Å². The highest BCUT2D eigenvalue weighted by molar-refractivity contribution is 5.91. The van der Waals surface area contributed by atoms with Crippen molar-refractivity contribution in [3.05, 3.63) is 17.5 Å². The van der Waals surface area contributed by atoms with Crippen molar-refractivity contribution < 1.29 is 4.79 Å². The molecule has 1 aromatic rings. The zero-order valence-corrected chi connectivity index (χ0v) is 7.53. The van der Waals surface area contributed by atoms with Gasteiger partial charge in [0, 0.05) is 6.04 Å². The number of aromatic nitrogens is 2. The minimum atomic E-state index is -0.427. The fraction of sp³-hybridized carbons (Fsp3) is 0.500. The Kier molecular flexibility index (Phi) is 2.17. The van der Waals surface area contributed by atoms with Gasteiger partial charge >= 0.3 is 0 Å². The van der Waals surface area contributed by atoms with E-state index in [1.54, 1.807) is 10.7 Å². The molecule has 1 amide bonds. The molecule has 12 heavy (non-hydrogen) atoms. The summed E-state index contributed by atoms with van der Waals surface area (Å²) in [5, 5.41) is 4.15. The first-order chi connectivity index (χ1) is 5.52. The van der Waals surface area contributed by atoms with E-state index in [1.165, 1.54) is 0 Å². The Morgan fingerprint density at radius 2 is 2.25 bits per heavy atom. The first kappa shape index (κ1) is 8.77. The second-order valence-electron chi connectivity index (χ2n) is 3.07. The van der Waals surface area contributed by atoms with E-state index in [0.717, 1.165) is 5.69 Å². The van der Waals surface area contributed by atoms with Crippen molar-refractivity contribution in [2.45, 2.75) is 26.8 Å². The van der Waals surface area contributed by atoms with Gasteiger partial charge in [-0.2, -0.15) is 5.10 Å². The molecule has 0 unspecified atom stereocenters. The molecule has 1 rings (SSSR count). The van der Waals surface area contributed by atoms with Gasteiger partial charge in [0.15, 0.2) is 0 Å². The molecule has 4 heteroatoms. The number of hydrogen-bond acceptors (Lipinski definition) is 2. The first-order valence-electron chi connectivity index (χ1n) is 3.88. The molecule has 0 aliphatic heterocycles. The molecule has 0 radical (unpaired) electrons. The number of primary amides is 1. The Bertz CT molecular complexity index is 301. The molecule has 0 aliphatic rings. The number of carbonyl (C=O) groups excluding carboxylic acids is 1. The summed E-state index contributed by atoms with van der Waals surface area (Å²) in [6.45, 7) is 5.75. The summed E-state index contributed by atoms with van der Waals surface area (Å²) in [4.78, 5) is 10.9. The Morgan fingerprint density at radius 1 is 1.67 bits per heavy atom. The van der Waals surface area contributed by atoms with Crippen LogP contribution in [0.5, 0.6) is 0 Å². The van der Waals surface area contributed by atoms with Gasteiger partial charge in [0.25, 0.3) is 5.91 Å². The van der Waals surface area contributed by atoms with Crippen LogP contribution in [0.3, 0.4) is 0 Å². The SMILES string of the molecule is Cc1cc(C(N)=O)n(C(C)C)n1. The quantitative estimate of drug-likeness (QED) is 0.710. The van der Waals surface area contributed by atoms with Crippen molar-refractivity contribution in [1.82, 2.24) is 9.78 Å². The standard InChI is InChI=1S/C8H13N3O/c1-5(2)11-7(8(9)12)4-6(3)10-11/h4-5H,1-3H3,(H2,9,12). The molecule has 4 nitrogen and oxygen atoms in total. The van der Waals surface area contributed by atoms with Gasteiger partial charge in [0.1, 0.15) is 5.69 Å². The van der Waals surface area contributed by atoms with Crippen molar-refractivity contribution in [3.63, 3.8) is 0 Å². The van der Waals surface area contributed by atoms with Crippen molar-refractivity contribution in [2.24, 2.45) is 5.73 Å². The Morgan fingerprint density at radius 3 is 2.58 bits per heavy atom. The zero-order chi connectivity index (χ0) is 9.30. The number of amides is 1. The van der Waals surface area contributed by atoms with Crippen LogP contribution < -0.4 is 5.73 Å². The third-order valence-corrected chi connectivity index (χ3v) is 1.60. The van der Waals surface area contributed by atoms with Crippen LogP contribution in [0.2, 0.25) is 0 Å². The van der Waals surface area contributed by atoms with Crippen LogP contribution in [0.4, 0.5) is 0 Å². The summed E-state index contributed by atoms with van der Waals surface area (Å²) in [6.07, 6.45) is 0. The summed E-state index contributed by atoms with van der Waals surface area (Å²) >= 11 is 0. The molecular weight excluding hydrogens is 154 g/mol. The van der Waals surface area contributed by atoms with E-state index >= 15 is 0 Å². The summed E-state index contributed by atoms with van der Waals surface area (Å²) in [5.41, 5.74) is 6.46. The predicted octanol–water partition coefficient (Wildman–Crippen LogP) is 0.871. The lowest BCUT2D eigenvalue weighted by Gasteiger charge is -2.07. The largest absolute Gasteiger partial charge is 0.364 e. The molecule has 0 fully saturated rings. The smallest absolute Gasteiger partial charge is 0.266 e. The summed E-state index contributed by atoms with van der Waals surface area (Å²) in [7, 11) is 0. The molecule has 0 aliphatic carbocycles. The van der Waals surface area contributed by atoms with Gasteiger partial charge in [-0.1, -0.05) is 0 Å². The number of aryl methyl sites for hydroxylation is 1. The predicted molar refractivity (Wildman–Crippen MR) is 45.9 cm³/mol. The van der Waals surface area contributed by atoms with Crippen LogP contribution in [0.1, 0.15) is 36.1 Å². The minimum absolute atomic E-state index is 0.168.